The van der Waals surface area contributed by atoms with Crippen LogP contribution in [-0.4, -0.2) is 124 Å². The first-order valence-electron chi connectivity index (χ1n) is 19.2. The number of hydrogen-bond acceptors (Lipinski definition) is 14. The van der Waals surface area contributed by atoms with Crippen molar-refractivity contribution in [3.63, 3.8) is 0 Å². The summed E-state index contributed by atoms with van der Waals surface area (Å²) in [4.78, 5) is 41.3. The highest BCUT2D eigenvalue weighted by Crippen LogP contribution is 2.44. The number of rotatable bonds is 23. The van der Waals surface area contributed by atoms with Gasteiger partial charge in [0.25, 0.3) is 5.91 Å². The summed E-state index contributed by atoms with van der Waals surface area (Å²) in [6, 6.07) is 9.11. The van der Waals surface area contributed by atoms with Gasteiger partial charge in [0.1, 0.15) is 5.75 Å². The van der Waals surface area contributed by atoms with Crippen molar-refractivity contribution in [3.05, 3.63) is 63.4 Å². The van der Waals surface area contributed by atoms with Gasteiger partial charge in [0.15, 0.2) is 23.5 Å². The zero-order chi connectivity index (χ0) is 41.3. The number of ether oxygens (including phenoxy) is 5. The first-order chi connectivity index (χ1) is 28.7. The van der Waals surface area contributed by atoms with Gasteiger partial charge >= 0.3 is 0 Å². The lowest BCUT2D eigenvalue weighted by Crippen LogP contribution is -2.39. The van der Waals surface area contributed by atoms with Crippen LogP contribution in [0.4, 0.5) is 0 Å². The molecular weight excluding hydrogens is 883 g/mol. The van der Waals surface area contributed by atoms with Crippen LogP contribution < -0.4 is 15.4 Å². The lowest BCUT2D eigenvalue weighted by atomic mass is 9.89. The summed E-state index contributed by atoms with van der Waals surface area (Å²) in [6.07, 6.45) is 5.04. The number of aryl methyl sites for hydroxylation is 1. The lowest BCUT2D eigenvalue weighted by molar-refractivity contribution is -0.134. The summed E-state index contributed by atoms with van der Waals surface area (Å²) in [6.45, 7) is 4.41. The smallest absolute Gasteiger partial charge is 0.273 e. The van der Waals surface area contributed by atoms with Gasteiger partial charge in [-0.3, -0.25) is 19.7 Å². The molecule has 1 aliphatic rings. The second kappa shape index (κ2) is 19.6. The molecule has 1 saturated heterocycles. The monoisotopic (exact) mass is 928 g/mol. The molecule has 4 bridgehead atoms. The number of imide groups is 1. The van der Waals surface area contributed by atoms with Crippen LogP contribution in [-0.2, 0) is 48.0 Å². The fourth-order valence-electron chi connectivity index (χ4n) is 7.10. The maximum absolute atomic E-state index is 12.8. The number of oxazole rings is 1. The van der Waals surface area contributed by atoms with Crippen molar-refractivity contribution in [1.29, 1.82) is 0 Å². The molecule has 0 saturated carbocycles. The molecule has 1 aliphatic heterocycles. The van der Waals surface area contributed by atoms with Crippen LogP contribution >= 0.6 is 22.6 Å². The Bertz CT molecular complexity index is 2370. The Morgan fingerprint density at radius 2 is 1.75 bits per heavy atom. The largest absolute Gasteiger partial charge is 0.496 e. The fourth-order valence-corrected chi connectivity index (χ4v) is 7.83. The van der Waals surface area contributed by atoms with E-state index in [-0.39, 0.29) is 35.7 Å². The first-order valence-corrected chi connectivity index (χ1v) is 20.3. The van der Waals surface area contributed by atoms with Crippen molar-refractivity contribution in [3.8, 4) is 23.0 Å². The predicted molar refractivity (Wildman–Crippen MR) is 218 cm³/mol. The Morgan fingerprint density at radius 3 is 2.46 bits per heavy atom. The van der Waals surface area contributed by atoms with Crippen molar-refractivity contribution in [2.24, 2.45) is 0 Å². The number of halogens is 1. The van der Waals surface area contributed by atoms with Crippen LogP contribution in [0, 0.1) is 3.57 Å². The minimum atomic E-state index is -0.544. The molecule has 4 aromatic heterocycles. The molecule has 1 unspecified atom stereocenters. The van der Waals surface area contributed by atoms with E-state index in [9.17, 15) is 24.7 Å². The number of benzene rings is 2. The summed E-state index contributed by atoms with van der Waals surface area (Å²) in [5.74, 6) is -0.676. The molecule has 0 spiro atoms. The van der Waals surface area contributed by atoms with Crippen molar-refractivity contribution in [1.82, 2.24) is 39.9 Å². The van der Waals surface area contributed by atoms with E-state index in [0.717, 1.165) is 25.3 Å². The van der Waals surface area contributed by atoms with Crippen LogP contribution in [0.25, 0.3) is 33.3 Å². The van der Waals surface area contributed by atoms with Crippen LogP contribution in [0.1, 0.15) is 46.9 Å². The van der Waals surface area contributed by atoms with Gasteiger partial charge < -0.3 is 48.3 Å². The number of hydrogen-bond donors (Lipinski definition) is 4. The zero-order valence-electron chi connectivity index (χ0n) is 32.4. The number of carbonyl (C=O) groups is 3. The van der Waals surface area contributed by atoms with Gasteiger partial charge in [-0.05, 0) is 71.7 Å². The molecule has 19 nitrogen and oxygen atoms in total. The highest BCUT2D eigenvalue weighted by atomic mass is 127. The molecular formula is C39H45IN8O11. The Hall–Kier alpha value is -5.29. The van der Waals surface area contributed by atoms with E-state index in [4.69, 9.17) is 28.1 Å². The van der Waals surface area contributed by atoms with E-state index in [0.29, 0.717) is 125 Å². The van der Waals surface area contributed by atoms with Gasteiger partial charge in [-0.25, -0.2) is 9.67 Å². The normalized spacial score (nSPS) is 14.5. The average molecular weight is 929 g/mol. The molecule has 0 radical (unpaired) electrons. The molecule has 5 heterocycles. The molecule has 2 aromatic carbocycles. The Labute approximate surface area is 351 Å². The highest BCUT2D eigenvalue weighted by Gasteiger charge is 2.34. The minimum absolute atomic E-state index is 0.224. The van der Waals surface area contributed by atoms with Crippen LogP contribution in [0.3, 0.4) is 0 Å². The third-order valence-electron chi connectivity index (χ3n) is 9.93. The molecule has 3 amide bonds. The number of aromatic nitrogens is 6. The SMILES string of the molecule is COc1ccc(-c2ocnc2C(=O)NCCCc2cn(CCOCCOCCOCCOCCn3c4c(C5CCC(=O)NC5=O)ccc5c4c(O)n(O)c53)nn2)cc1I. The second-order valence-electron chi connectivity index (χ2n) is 13.7. The quantitative estimate of drug-likeness (QED) is 0.0312. The van der Waals surface area contributed by atoms with Gasteiger partial charge in [-0.15, -0.1) is 9.83 Å². The van der Waals surface area contributed by atoms with E-state index in [1.54, 1.807) is 17.9 Å². The number of nitrogens with zero attached hydrogens (tertiary/aromatic N) is 6. The van der Waals surface area contributed by atoms with Crippen molar-refractivity contribution in [2.45, 2.75) is 44.7 Å². The van der Waals surface area contributed by atoms with E-state index in [1.807, 2.05) is 35.0 Å². The predicted octanol–water partition coefficient (Wildman–Crippen LogP) is 3.49. The standard InChI is InChI=1S/C39H45IN8O11/c1-54-30-8-4-24(21-29(30)40)35-33(42-23-59-35)37(51)41-10-2-3-25-22-46(45-44-25)11-13-55-15-17-57-19-20-58-18-16-56-14-12-47-34-26(27-7-9-31(49)43-36(27)50)5-6-28-32(34)39(52)48(53)38(28)47/h4-6,8,21-23,27,52-53H,2-3,7,9-20H2,1H3,(H,41,51)(H,43,49,50). The van der Waals surface area contributed by atoms with Gasteiger partial charge in [0.2, 0.25) is 17.7 Å². The zero-order valence-corrected chi connectivity index (χ0v) is 34.5. The summed E-state index contributed by atoms with van der Waals surface area (Å²) in [7, 11) is 1.60. The lowest BCUT2D eigenvalue weighted by Gasteiger charge is -2.23. The summed E-state index contributed by atoms with van der Waals surface area (Å²) in [5, 5.41) is 35.8. The first kappa shape index (κ1) is 41.9. The Kier molecular flexibility index (Phi) is 13.9. The highest BCUT2D eigenvalue weighted by molar-refractivity contribution is 14.1. The van der Waals surface area contributed by atoms with E-state index in [1.165, 1.54) is 6.39 Å². The molecule has 7 rings (SSSR count). The van der Waals surface area contributed by atoms with Gasteiger partial charge in [-0.1, -0.05) is 11.3 Å². The summed E-state index contributed by atoms with van der Waals surface area (Å²) < 4.78 is 38.7. The van der Waals surface area contributed by atoms with E-state index >= 15 is 0 Å². The van der Waals surface area contributed by atoms with Gasteiger partial charge in [-0.2, -0.15) is 0 Å². The maximum Gasteiger partial charge on any atom is 0.273 e. The summed E-state index contributed by atoms with van der Waals surface area (Å²) in [5.41, 5.74) is 3.52. The number of aromatic hydroxyl groups is 1. The van der Waals surface area contributed by atoms with Gasteiger partial charge in [0.05, 0.1) is 92.6 Å². The molecule has 4 N–H and O–H groups in total. The van der Waals surface area contributed by atoms with Crippen LogP contribution in [0.2, 0.25) is 0 Å². The van der Waals surface area contributed by atoms with Gasteiger partial charge in [0, 0.05) is 36.7 Å². The molecule has 1 atom stereocenters. The molecule has 314 valence electrons. The van der Waals surface area contributed by atoms with E-state index < -0.39 is 5.92 Å². The van der Waals surface area contributed by atoms with Crippen LogP contribution in [0.5, 0.6) is 11.6 Å². The van der Waals surface area contributed by atoms with Crippen molar-refractivity contribution >= 4 is 62.2 Å². The average Bonchev–Trinajstić information content (AvgIpc) is 4.00. The third kappa shape index (κ3) is 9.62. The molecule has 59 heavy (non-hydrogen) atoms. The number of nitrogens with one attached hydrogen (secondary N) is 2. The third-order valence-corrected chi connectivity index (χ3v) is 10.8. The summed E-state index contributed by atoms with van der Waals surface area (Å²) >= 11 is 2.17. The van der Waals surface area contributed by atoms with E-state index in [2.05, 4.69) is 48.5 Å². The maximum atomic E-state index is 12.8. The number of amides is 3. The molecule has 0 aliphatic carbocycles. The number of carbonyl (C=O) groups excluding carboxylic acids is 3. The molecule has 1 fully saturated rings. The topological polar surface area (TPSA) is 228 Å². The van der Waals surface area contributed by atoms with Crippen LogP contribution in [0.15, 0.2) is 47.3 Å². The Morgan fingerprint density at radius 1 is 1.02 bits per heavy atom. The fraction of sp³-hybridized carbons (Fsp3) is 0.436. The Balaban J connectivity index is 0.712. The second-order valence-corrected chi connectivity index (χ2v) is 14.9. The molecule has 20 heteroatoms. The molecule has 6 aromatic rings. The number of methoxy groups -OCH3 is 1. The number of piperidine rings is 1. The minimum Gasteiger partial charge on any atom is -0.496 e. The van der Waals surface area contributed by atoms with Crippen molar-refractivity contribution in [2.75, 3.05) is 66.5 Å². The van der Waals surface area contributed by atoms with Crippen molar-refractivity contribution < 1.29 is 52.8 Å².